The molecule has 0 atom stereocenters. The molecule has 0 aliphatic heterocycles. The lowest BCUT2D eigenvalue weighted by Crippen LogP contribution is -2.27. The van der Waals surface area contributed by atoms with Crippen LogP contribution in [-0.2, 0) is 9.53 Å². The molecule has 70 valence electrons. The van der Waals surface area contributed by atoms with Crippen LogP contribution in [0.25, 0.3) is 0 Å². The Kier molecular flexibility index (Phi) is 6.38. The van der Waals surface area contributed by atoms with Gasteiger partial charge in [0, 0.05) is 12.6 Å². The summed E-state index contributed by atoms with van der Waals surface area (Å²) in [4.78, 5) is 12.8. The van der Waals surface area contributed by atoms with E-state index in [1.807, 2.05) is 0 Å². The van der Waals surface area contributed by atoms with Gasteiger partial charge in [0.1, 0.15) is 6.61 Å². The minimum Gasteiger partial charge on any atom is -0.461 e. The van der Waals surface area contributed by atoms with Crippen LogP contribution in [0.1, 0.15) is 13.8 Å². The van der Waals surface area contributed by atoms with E-state index in [2.05, 4.69) is 25.3 Å². The molecule has 0 spiro atoms. The first-order valence-electron chi connectivity index (χ1n) is 4.26. The number of carbonyl (C=O) groups excluding carboxylic acids is 1. The van der Waals surface area contributed by atoms with E-state index in [0.29, 0.717) is 6.61 Å². The monoisotopic (exact) mass is 171 g/mol. The summed E-state index contributed by atoms with van der Waals surface area (Å²) in [5.41, 5.74) is 0. The Morgan fingerprint density at radius 2 is 2.08 bits per heavy atom. The first-order chi connectivity index (χ1) is 5.74. The van der Waals surface area contributed by atoms with Crippen LogP contribution in [0.4, 0.5) is 0 Å². The van der Waals surface area contributed by atoms with Crippen molar-refractivity contribution >= 4 is 5.97 Å². The molecule has 3 nitrogen and oxygen atoms in total. The third kappa shape index (κ3) is 4.91. The van der Waals surface area contributed by atoms with Crippen LogP contribution in [0.3, 0.4) is 0 Å². The smallest absolute Gasteiger partial charge is 0.330 e. The van der Waals surface area contributed by atoms with Gasteiger partial charge in [0.15, 0.2) is 0 Å². The summed E-state index contributed by atoms with van der Waals surface area (Å²) in [7, 11) is 0. The maximum Gasteiger partial charge on any atom is 0.330 e. The second-order valence-electron chi connectivity index (χ2n) is 2.40. The Hall–Kier alpha value is -0.830. The van der Waals surface area contributed by atoms with Crippen molar-refractivity contribution in [1.82, 2.24) is 4.90 Å². The number of nitrogens with zero attached hydrogens (tertiary/aromatic N) is 1. The molecular weight excluding hydrogens is 154 g/mol. The number of rotatable bonds is 6. The molecule has 0 heterocycles. The lowest BCUT2D eigenvalue weighted by molar-refractivity contribution is -0.138. The summed E-state index contributed by atoms with van der Waals surface area (Å²) < 4.78 is 4.83. The Bertz CT molecular complexity index is 141. The number of hydrogen-bond acceptors (Lipinski definition) is 3. The van der Waals surface area contributed by atoms with Gasteiger partial charge in [-0.1, -0.05) is 20.4 Å². The van der Waals surface area contributed by atoms with Crippen LogP contribution in [0, 0.1) is 0 Å². The van der Waals surface area contributed by atoms with Gasteiger partial charge in [-0.25, -0.2) is 4.79 Å². The Morgan fingerprint density at radius 1 is 1.50 bits per heavy atom. The number of likely N-dealkylation sites (N-methyl/N-ethyl adjacent to an activating group) is 1. The molecule has 0 unspecified atom stereocenters. The van der Waals surface area contributed by atoms with Crippen LogP contribution < -0.4 is 0 Å². The van der Waals surface area contributed by atoms with Crippen LogP contribution in [-0.4, -0.2) is 37.1 Å². The van der Waals surface area contributed by atoms with Crippen molar-refractivity contribution in [1.29, 1.82) is 0 Å². The van der Waals surface area contributed by atoms with Crippen LogP contribution in [0.2, 0.25) is 0 Å². The zero-order valence-corrected chi connectivity index (χ0v) is 7.88. The van der Waals surface area contributed by atoms with Gasteiger partial charge >= 0.3 is 5.97 Å². The van der Waals surface area contributed by atoms with Crippen LogP contribution >= 0.6 is 0 Å². The molecule has 0 aliphatic rings. The Labute approximate surface area is 74.0 Å². The van der Waals surface area contributed by atoms with E-state index in [4.69, 9.17) is 4.74 Å². The van der Waals surface area contributed by atoms with E-state index in [0.717, 1.165) is 19.6 Å². The van der Waals surface area contributed by atoms with Gasteiger partial charge in [-0.15, -0.1) is 0 Å². The summed E-state index contributed by atoms with van der Waals surface area (Å²) in [6.45, 7) is 10.7. The molecule has 0 aromatic rings. The fourth-order valence-electron chi connectivity index (χ4n) is 0.874. The quantitative estimate of drug-likeness (QED) is 0.442. The summed E-state index contributed by atoms with van der Waals surface area (Å²) in [6, 6.07) is 0. The molecule has 0 radical (unpaired) electrons. The first-order valence-corrected chi connectivity index (χ1v) is 4.26. The first kappa shape index (κ1) is 11.2. The number of esters is 1. The summed E-state index contributed by atoms with van der Waals surface area (Å²) >= 11 is 0. The fraction of sp³-hybridized carbons (Fsp3) is 0.667. The zero-order valence-electron chi connectivity index (χ0n) is 7.88. The van der Waals surface area contributed by atoms with Gasteiger partial charge in [0.25, 0.3) is 0 Å². The molecule has 0 aliphatic carbocycles. The standard InChI is InChI=1S/C9H17NO2/c1-4-9(11)12-8-7-10(5-2)6-3/h4H,1,5-8H2,2-3H3. The average molecular weight is 171 g/mol. The SMILES string of the molecule is C=CC(=O)OCCN(CC)CC. The van der Waals surface area contributed by atoms with Crippen molar-refractivity contribution < 1.29 is 9.53 Å². The maximum absolute atomic E-state index is 10.6. The highest BCUT2D eigenvalue weighted by molar-refractivity contribution is 5.81. The second-order valence-corrected chi connectivity index (χ2v) is 2.40. The van der Waals surface area contributed by atoms with Gasteiger partial charge in [0.05, 0.1) is 0 Å². The molecule has 0 rings (SSSR count). The molecule has 0 amide bonds. The molecule has 12 heavy (non-hydrogen) atoms. The van der Waals surface area contributed by atoms with Gasteiger partial charge < -0.3 is 9.64 Å². The van der Waals surface area contributed by atoms with Crippen molar-refractivity contribution in [2.24, 2.45) is 0 Å². The predicted molar refractivity (Wildman–Crippen MR) is 48.9 cm³/mol. The Morgan fingerprint density at radius 3 is 2.50 bits per heavy atom. The number of hydrogen-bond donors (Lipinski definition) is 0. The van der Waals surface area contributed by atoms with E-state index in [1.54, 1.807) is 0 Å². The largest absolute Gasteiger partial charge is 0.461 e. The van der Waals surface area contributed by atoms with Crippen molar-refractivity contribution in [3.05, 3.63) is 12.7 Å². The van der Waals surface area contributed by atoms with E-state index in [1.165, 1.54) is 6.08 Å². The van der Waals surface area contributed by atoms with Gasteiger partial charge in [0.2, 0.25) is 0 Å². The van der Waals surface area contributed by atoms with Crippen LogP contribution in [0.15, 0.2) is 12.7 Å². The molecule has 0 N–H and O–H groups in total. The van der Waals surface area contributed by atoms with Gasteiger partial charge in [-0.2, -0.15) is 0 Å². The van der Waals surface area contributed by atoms with Gasteiger partial charge in [-0.3, -0.25) is 0 Å². The highest BCUT2D eigenvalue weighted by atomic mass is 16.5. The second kappa shape index (κ2) is 6.85. The highest BCUT2D eigenvalue weighted by Crippen LogP contribution is 1.87. The van der Waals surface area contributed by atoms with Gasteiger partial charge in [-0.05, 0) is 13.1 Å². The lowest BCUT2D eigenvalue weighted by atomic mass is 10.5. The maximum atomic E-state index is 10.6. The van der Waals surface area contributed by atoms with Crippen molar-refractivity contribution in [2.45, 2.75) is 13.8 Å². The topological polar surface area (TPSA) is 29.5 Å². The Balaban J connectivity index is 3.40. The molecule has 0 saturated heterocycles. The van der Waals surface area contributed by atoms with Crippen molar-refractivity contribution in [2.75, 3.05) is 26.2 Å². The van der Waals surface area contributed by atoms with Crippen molar-refractivity contribution in [3.8, 4) is 0 Å². The minimum atomic E-state index is -0.345. The molecule has 0 aromatic heterocycles. The molecule has 0 saturated carbocycles. The molecular formula is C9H17NO2. The van der Waals surface area contributed by atoms with Crippen LogP contribution in [0.5, 0.6) is 0 Å². The zero-order chi connectivity index (χ0) is 9.40. The number of ether oxygens (including phenoxy) is 1. The third-order valence-corrected chi connectivity index (χ3v) is 1.71. The predicted octanol–water partition coefficient (Wildman–Crippen LogP) is 1.06. The summed E-state index contributed by atoms with van der Waals surface area (Å²) in [5, 5.41) is 0. The van der Waals surface area contributed by atoms with Crippen molar-refractivity contribution in [3.63, 3.8) is 0 Å². The molecule has 0 fully saturated rings. The fourth-order valence-corrected chi connectivity index (χ4v) is 0.874. The third-order valence-electron chi connectivity index (χ3n) is 1.71. The molecule has 0 bridgehead atoms. The van der Waals surface area contributed by atoms with E-state index in [9.17, 15) is 4.79 Å². The lowest BCUT2D eigenvalue weighted by Gasteiger charge is -2.16. The average Bonchev–Trinajstić information content (AvgIpc) is 2.12. The highest BCUT2D eigenvalue weighted by Gasteiger charge is 1.99. The molecule has 0 aromatic carbocycles. The van der Waals surface area contributed by atoms with E-state index >= 15 is 0 Å². The summed E-state index contributed by atoms with van der Waals surface area (Å²) in [5.74, 6) is -0.345. The van der Waals surface area contributed by atoms with E-state index in [-0.39, 0.29) is 5.97 Å². The van der Waals surface area contributed by atoms with E-state index < -0.39 is 0 Å². The molecule has 3 heteroatoms. The summed E-state index contributed by atoms with van der Waals surface area (Å²) in [6.07, 6.45) is 1.18. The number of carbonyl (C=O) groups is 1. The minimum absolute atomic E-state index is 0.345. The normalized spacial score (nSPS) is 9.92.